The van der Waals surface area contributed by atoms with Crippen LogP contribution in [0.25, 0.3) is 11.8 Å². The highest BCUT2D eigenvalue weighted by molar-refractivity contribution is 7.97. The molecule has 3 heteroatoms. The summed E-state index contributed by atoms with van der Waals surface area (Å²) in [4.78, 5) is 1.10. The van der Waals surface area contributed by atoms with Gasteiger partial charge in [-0.15, -0.1) is 0 Å². The molecule has 0 atom stereocenters. The second-order valence-corrected chi connectivity index (χ2v) is 3.81. The third-order valence-corrected chi connectivity index (χ3v) is 2.61. The van der Waals surface area contributed by atoms with Gasteiger partial charge in [-0.1, -0.05) is 59.1 Å². The van der Waals surface area contributed by atoms with Gasteiger partial charge in [0.15, 0.2) is 0 Å². The van der Waals surface area contributed by atoms with Crippen LogP contribution in [-0.4, -0.2) is 7.05 Å². The predicted octanol–water partition coefficient (Wildman–Crippen LogP) is 4.54. The van der Waals surface area contributed by atoms with E-state index in [1.165, 1.54) is 0 Å². The van der Waals surface area contributed by atoms with Crippen molar-refractivity contribution in [3.8, 4) is 0 Å². The first-order chi connectivity index (χ1) is 8.70. The molecular weight excluding hydrogens is 240 g/mol. The van der Waals surface area contributed by atoms with E-state index in [4.69, 9.17) is 5.73 Å². The molecule has 1 rings (SSSR count). The maximum atomic E-state index is 5.68. The first-order valence-corrected chi connectivity index (χ1v) is 7.06. The molecule has 0 radical (unpaired) electrons. The van der Waals surface area contributed by atoms with Gasteiger partial charge in [-0.2, -0.15) is 0 Å². The van der Waals surface area contributed by atoms with Crippen molar-refractivity contribution in [2.45, 2.75) is 32.6 Å². The monoisotopic (exact) mass is 266 g/mol. The zero-order valence-electron chi connectivity index (χ0n) is 12.2. The second kappa shape index (κ2) is 12.3. The molecule has 0 amide bonds. The van der Waals surface area contributed by atoms with Crippen LogP contribution in [0, 0.1) is 0 Å². The lowest BCUT2D eigenvalue weighted by Crippen LogP contribution is -1.99. The average molecular weight is 266 g/mol. The van der Waals surface area contributed by atoms with Gasteiger partial charge in [0.25, 0.3) is 0 Å². The SMILES string of the molecule is C=Cc1c(SNC)cccc1C(=C)N.CC.CC. The van der Waals surface area contributed by atoms with E-state index in [0.717, 1.165) is 16.0 Å². The Labute approximate surface area is 116 Å². The molecule has 1 aromatic rings. The molecule has 0 fully saturated rings. The summed E-state index contributed by atoms with van der Waals surface area (Å²) < 4.78 is 3.02. The summed E-state index contributed by atoms with van der Waals surface area (Å²) in [6.45, 7) is 15.5. The second-order valence-electron chi connectivity index (χ2n) is 2.75. The van der Waals surface area contributed by atoms with E-state index in [-0.39, 0.29) is 0 Å². The number of nitrogens with one attached hydrogen (secondary N) is 1. The van der Waals surface area contributed by atoms with Crippen LogP contribution in [0.1, 0.15) is 38.8 Å². The fraction of sp³-hybridized carbons (Fsp3) is 0.333. The molecular formula is C15H26N2S. The Morgan fingerprint density at radius 2 is 1.83 bits per heavy atom. The number of hydrogen-bond donors (Lipinski definition) is 2. The number of hydrogen-bond acceptors (Lipinski definition) is 3. The topological polar surface area (TPSA) is 38.0 Å². The van der Waals surface area contributed by atoms with Gasteiger partial charge in [0, 0.05) is 16.2 Å². The van der Waals surface area contributed by atoms with Crippen LogP contribution < -0.4 is 10.5 Å². The van der Waals surface area contributed by atoms with Crippen molar-refractivity contribution in [2.24, 2.45) is 5.73 Å². The molecule has 2 nitrogen and oxygen atoms in total. The standard InChI is InChI=1S/C11H14N2S.2C2H6/c1-4-9-10(8(2)12)6-5-7-11(9)14-13-3;2*1-2/h4-7,13H,1-2,12H2,3H3;2*1-2H3. The van der Waals surface area contributed by atoms with Gasteiger partial charge in [-0.05, 0) is 30.6 Å². The Bertz CT molecular complexity index is 360. The predicted molar refractivity (Wildman–Crippen MR) is 87.4 cm³/mol. The largest absolute Gasteiger partial charge is 0.399 e. The minimum Gasteiger partial charge on any atom is -0.399 e. The quantitative estimate of drug-likeness (QED) is 0.786. The summed E-state index contributed by atoms with van der Waals surface area (Å²) in [5.74, 6) is 0. The maximum Gasteiger partial charge on any atom is 0.0321 e. The lowest BCUT2D eigenvalue weighted by atomic mass is 10.1. The molecule has 0 saturated carbocycles. The van der Waals surface area contributed by atoms with E-state index in [0.29, 0.717) is 5.70 Å². The molecule has 0 aliphatic rings. The van der Waals surface area contributed by atoms with Crippen LogP contribution in [0.5, 0.6) is 0 Å². The Balaban J connectivity index is 0. The molecule has 1 aromatic carbocycles. The van der Waals surface area contributed by atoms with Gasteiger partial charge >= 0.3 is 0 Å². The lowest BCUT2D eigenvalue weighted by Gasteiger charge is -2.10. The van der Waals surface area contributed by atoms with Gasteiger partial charge in [-0.25, -0.2) is 0 Å². The molecule has 0 saturated heterocycles. The van der Waals surface area contributed by atoms with E-state index in [9.17, 15) is 0 Å². The van der Waals surface area contributed by atoms with Crippen LogP contribution >= 0.6 is 11.9 Å². The molecule has 0 bridgehead atoms. The van der Waals surface area contributed by atoms with Crippen LogP contribution in [-0.2, 0) is 0 Å². The minimum absolute atomic E-state index is 0.568. The average Bonchev–Trinajstić information content (AvgIpc) is 2.43. The normalized spacial score (nSPS) is 8.28. The summed E-state index contributed by atoms with van der Waals surface area (Å²) in [6.07, 6.45) is 1.80. The van der Waals surface area contributed by atoms with E-state index >= 15 is 0 Å². The van der Waals surface area contributed by atoms with E-state index in [1.807, 2.05) is 52.9 Å². The van der Waals surface area contributed by atoms with Gasteiger partial charge in [0.05, 0.1) is 0 Å². The van der Waals surface area contributed by atoms with Crippen LogP contribution in [0.15, 0.2) is 36.3 Å². The fourth-order valence-corrected chi connectivity index (χ4v) is 1.90. The number of benzene rings is 1. The molecule has 0 heterocycles. The highest BCUT2D eigenvalue weighted by atomic mass is 32.2. The first kappa shape index (κ1) is 19.2. The summed E-state index contributed by atoms with van der Waals surface area (Å²) in [5.41, 5.74) is 8.22. The van der Waals surface area contributed by atoms with Crippen molar-refractivity contribution >= 4 is 23.7 Å². The minimum atomic E-state index is 0.568. The summed E-state index contributed by atoms with van der Waals surface area (Å²) >= 11 is 1.54. The fourth-order valence-electron chi connectivity index (χ4n) is 1.23. The highest BCUT2D eigenvalue weighted by Crippen LogP contribution is 2.26. The van der Waals surface area contributed by atoms with Crippen molar-refractivity contribution in [2.75, 3.05) is 7.05 Å². The number of nitrogens with two attached hydrogens (primary N) is 1. The van der Waals surface area contributed by atoms with Gasteiger partial charge in [0.1, 0.15) is 0 Å². The summed E-state index contributed by atoms with van der Waals surface area (Å²) in [6, 6.07) is 5.92. The molecule has 0 unspecified atom stereocenters. The highest BCUT2D eigenvalue weighted by Gasteiger charge is 2.05. The van der Waals surface area contributed by atoms with Crippen molar-refractivity contribution in [1.82, 2.24) is 4.72 Å². The van der Waals surface area contributed by atoms with Crippen molar-refractivity contribution in [1.29, 1.82) is 0 Å². The van der Waals surface area contributed by atoms with Crippen molar-refractivity contribution in [3.63, 3.8) is 0 Å². The van der Waals surface area contributed by atoms with Crippen molar-refractivity contribution in [3.05, 3.63) is 42.5 Å². The smallest absolute Gasteiger partial charge is 0.0321 e. The molecule has 0 aliphatic carbocycles. The third kappa shape index (κ3) is 5.94. The Hall–Kier alpha value is -1.19. The van der Waals surface area contributed by atoms with Crippen LogP contribution in [0.2, 0.25) is 0 Å². The first-order valence-electron chi connectivity index (χ1n) is 6.24. The Morgan fingerprint density at radius 3 is 2.22 bits per heavy atom. The maximum absolute atomic E-state index is 5.68. The van der Waals surface area contributed by atoms with Crippen LogP contribution in [0.4, 0.5) is 0 Å². The molecule has 0 aromatic heterocycles. The molecule has 0 aliphatic heterocycles. The summed E-state index contributed by atoms with van der Waals surface area (Å²) in [5, 5.41) is 0. The van der Waals surface area contributed by atoms with E-state index < -0.39 is 0 Å². The Kier molecular flexibility index (Phi) is 13.1. The summed E-state index contributed by atoms with van der Waals surface area (Å²) in [7, 11) is 1.88. The molecule has 18 heavy (non-hydrogen) atoms. The van der Waals surface area contributed by atoms with Crippen LogP contribution in [0.3, 0.4) is 0 Å². The van der Waals surface area contributed by atoms with E-state index in [1.54, 1.807) is 18.0 Å². The molecule has 102 valence electrons. The van der Waals surface area contributed by atoms with E-state index in [2.05, 4.69) is 17.9 Å². The zero-order chi connectivity index (χ0) is 14.6. The van der Waals surface area contributed by atoms with Gasteiger partial charge in [0.2, 0.25) is 0 Å². The van der Waals surface area contributed by atoms with Crippen molar-refractivity contribution < 1.29 is 0 Å². The molecule has 3 N–H and O–H groups in total. The lowest BCUT2D eigenvalue weighted by molar-refractivity contribution is 1.27. The van der Waals surface area contributed by atoms with Gasteiger partial charge < -0.3 is 5.73 Å². The molecule has 0 spiro atoms. The number of rotatable bonds is 4. The Morgan fingerprint density at radius 1 is 1.28 bits per heavy atom. The third-order valence-electron chi connectivity index (χ3n) is 1.83. The van der Waals surface area contributed by atoms with Gasteiger partial charge in [-0.3, -0.25) is 4.72 Å². The zero-order valence-corrected chi connectivity index (χ0v) is 13.0.